The largest absolute Gasteiger partial charge is 0.498 e. The average molecular weight is 265 g/mol. The quantitative estimate of drug-likeness (QED) is 0.221. The van der Waals surface area contributed by atoms with Gasteiger partial charge >= 0.3 is 0 Å². The summed E-state index contributed by atoms with van der Waals surface area (Å²) in [6.07, 6.45) is 9.37. The van der Waals surface area contributed by atoms with Gasteiger partial charge in [-0.25, -0.2) is 0 Å². The lowest BCUT2D eigenvalue weighted by atomic mass is 10.2. The lowest BCUT2D eigenvalue weighted by molar-refractivity contribution is 0.192. The number of rotatable bonds is 9. The van der Waals surface area contributed by atoms with Crippen LogP contribution < -0.4 is 5.73 Å². The maximum atomic E-state index is 7.37. The molecule has 0 saturated heterocycles. The molecule has 0 atom stereocenters. The van der Waals surface area contributed by atoms with E-state index in [9.17, 15) is 0 Å². The Morgan fingerprint density at radius 3 is 2.42 bits per heavy atom. The van der Waals surface area contributed by atoms with Crippen molar-refractivity contribution in [3.63, 3.8) is 0 Å². The standard InChI is InChI=1S/C15H27N3O/c1-5-13(15(16)17)9-7-10-14(6-2)19-12-8-11-18(3)4/h5-7,9H,8,10-12H2,1-4H3,(H3,16,17)/b9-7-,13-5+,14-6+. The van der Waals surface area contributed by atoms with Gasteiger partial charge in [0.25, 0.3) is 0 Å². The van der Waals surface area contributed by atoms with Crippen molar-refractivity contribution >= 4 is 5.84 Å². The third-order valence-corrected chi connectivity index (χ3v) is 2.60. The predicted molar refractivity (Wildman–Crippen MR) is 82.3 cm³/mol. The molecule has 0 rings (SSSR count). The molecule has 0 aromatic carbocycles. The summed E-state index contributed by atoms with van der Waals surface area (Å²) in [4.78, 5) is 2.14. The number of nitrogens with zero attached hydrogens (tertiary/aromatic N) is 1. The highest BCUT2D eigenvalue weighted by Crippen LogP contribution is 2.07. The highest BCUT2D eigenvalue weighted by atomic mass is 16.5. The second-order valence-electron chi connectivity index (χ2n) is 4.52. The van der Waals surface area contributed by atoms with Crippen molar-refractivity contribution < 1.29 is 4.74 Å². The predicted octanol–water partition coefficient (Wildman–Crippen LogP) is 2.69. The van der Waals surface area contributed by atoms with Crippen molar-refractivity contribution in [3.05, 3.63) is 35.6 Å². The molecule has 4 heteroatoms. The molecule has 0 unspecified atom stereocenters. The van der Waals surface area contributed by atoms with Crippen molar-refractivity contribution in [1.29, 1.82) is 5.41 Å². The summed E-state index contributed by atoms with van der Waals surface area (Å²) >= 11 is 0. The van der Waals surface area contributed by atoms with Crippen molar-refractivity contribution in [2.24, 2.45) is 5.73 Å². The fraction of sp³-hybridized carbons (Fsp3) is 0.533. The molecule has 0 amide bonds. The molecule has 0 heterocycles. The smallest absolute Gasteiger partial charge is 0.122 e. The number of nitrogens with one attached hydrogen (secondary N) is 1. The number of hydrogen-bond acceptors (Lipinski definition) is 3. The van der Waals surface area contributed by atoms with E-state index in [2.05, 4.69) is 19.0 Å². The van der Waals surface area contributed by atoms with Gasteiger partial charge in [-0.15, -0.1) is 0 Å². The van der Waals surface area contributed by atoms with Gasteiger partial charge in [-0.2, -0.15) is 0 Å². The van der Waals surface area contributed by atoms with Gasteiger partial charge < -0.3 is 15.4 Å². The van der Waals surface area contributed by atoms with Crippen molar-refractivity contribution in [2.45, 2.75) is 26.7 Å². The Morgan fingerprint density at radius 2 is 1.95 bits per heavy atom. The fourth-order valence-electron chi connectivity index (χ4n) is 1.49. The van der Waals surface area contributed by atoms with Crippen LogP contribution in [-0.2, 0) is 4.74 Å². The maximum absolute atomic E-state index is 7.37. The Labute approximate surface area is 117 Å². The van der Waals surface area contributed by atoms with Crippen LogP contribution in [0.3, 0.4) is 0 Å². The molecule has 0 aromatic heterocycles. The number of nitrogens with two attached hydrogens (primary N) is 1. The summed E-state index contributed by atoms with van der Waals surface area (Å²) in [6, 6.07) is 0. The van der Waals surface area contributed by atoms with Crippen LogP contribution in [0.5, 0.6) is 0 Å². The van der Waals surface area contributed by atoms with Crippen molar-refractivity contribution in [2.75, 3.05) is 27.2 Å². The summed E-state index contributed by atoms with van der Waals surface area (Å²) in [5, 5.41) is 7.37. The molecule has 19 heavy (non-hydrogen) atoms. The van der Waals surface area contributed by atoms with Crippen LogP contribution in [0.1, 0.15) is 26.7 Å². The molecule has 0 aromatic rings. The van der Waals surface area contributed by atoms with E-state index in [1.165, 1.54) is 0 Å². The van der Waals surface area contributed by atoms with Gasteiger partial charge in [0.2, 0.25) is 0 Å². The summed E-state index contributed by atoms with van der Waals surface area (Å²) in [7, 11) is 4.11. The molecular formula is C15H27N3O. The summed E-state index contributed by atoms with van der Waals surface area (Å²) in [6.45, 7) is 5.60. The molecule has 0 aliphatic heterocycles. The molecule has 0 spiro atoms. The first-order chi connectivity index (χ1) is 9.01. The Balaban J connectivity index is 4.08. The van der Waals surface area contributed by atoms with Crippen LogP contribution in [-0.4, -0.2) is 38.0 Å². The molecule has 0 aliphatic rings. The molecule has 0 bridgehead atoms. The average Bonchev–Trinajstić information content (AvgIpc) is 2.36. The first-order valence-corrected chi connectivity index (χ1v) is 6.61. The van der Waals surface area contributed by atoms with Gasteiger partial charge in [-0.1, -0.05) is 18.2 Å². The van der Waals surface area contributed by atoms with Gasteiger partial charge in [0.15, 0.2) is 0 Å². The van der Waals surface area contributed by atoms with Crippen LogP contribution >= 0.6 is 0 Å². The molecule has 0 radical (unpaired) electrons. The minimum absolute atomic E-state index is 0.0904. The zero-order chi connectivity index (χ0) is 14.7. The molecular weight excluding hydrogens is 238 g/mol. The molecule has 4 nitrogen and oxygen atoms in total. The van der Waals surface area contributed by atoms with E-state index in [0.29, 0.717) is 0 Å². The van der Waals surface area contributed by atoms with Gasteiger partial charge in [-0.3, -0.25) is 5.41 Å². The minimum atomic E-state index is 0.0904. The van der Waals surface area contributed by atoms with Crippen molar-refractivity contribution in [1.82, 2.24) is 4.90 Å². The first-order valence-electron chi connectivity index (χ1n) is 6.61. The summed E-state index contributed by atoms with van der Waals surface area (Å²) in [5.41, 5.74) is 6.18. The van der Waals surface area contributed by atoms with E-state index in [-0.39, 0.29) is 5.84 Å². The zero-order valence-electron chi connectivity index (χ0n) is 12.6. The Hall–Kier alpha value is -1.55. The number of amidine groups is 1. The highest BCUT2D eigenvalue weighted by molar-refractivity contribution is 5.96. The minimum Gasteiger partial charge on any atom is -0.498 e. The summed E-state index contributed by atoms with van der Waals surface area (Å²) in [5.74, 6) is 1.04. The third-order valence-electron chi connectivity index (χ3n) is 2.60. The third kappa shape index (κ3) is 9.08. The van der Waals surface area contributed by atoms with Crippen LogP contribution in [0.25, 0.3) is 0 Å². The molecule has 0 saturated carbocycles. The number of hydrogen-bond donors (Lipinski definition) is 2. The van der Waals surface area contributed by atoms with E-state index >= 15 is 0 Å². The number of ether oxygens (including phenoxy) is 1. The first kappa shape index (κ1) is 17.4. The SMILES string of the molecule is C/C=C(\C/C=C\C(=C/C)C(=N)N)OCCCN(C)C. The summed E-state index contributed by atoms with van der Waals surface area (Å²) < 4.78 is 5.70. The molecule has 0 fully saturated rings. The topological polar surface area (TPSA) is 62.3 Å². The van der Waals surface area contributed by atoms with Gasteiger partial charge in [0.05, 0.1) is 12.4 Å². The van der Waals surface area contributed by atoms with E-state index in [1.54, 1.807) is 0 Å². The van der Waals surface area contributed by atoms with E-state index in [1.807, 2.05) is 38.2 Å². The van der Waals surface area contributed by atoms with E-state index in [0.717, 1.165) is 37.3 Å². The molecule has 3 N–H and O–H groups in total. The van der Waals surface area contributed by atoms with Gasteiger partial charge in [0, 0.05) is 18.5 Å². The zero-order valence-corrected chi connectivity index (χ0v) is 12.6. The van der Waals surface area contributed by atoms with Crippen LogP contribution in [0.15, 0.2) is 35.6 Å². The van der Waals surface area contributed by atoms with Gasteiger partial charge in [-0.05, 0) is 40.4 Å². The lowest BCUT2D eigenvalue weighted by Gasteiger charge is -2.11. The Bertz CT molecular complexity index is 354. The van der Waals surface area contributed by atoms with E-state index < -0.39 is 0 Å². The molecule has 108 valence electrons. The lowest BCUT2D eigenvalue weighted by Crippen LogP contribution is -2.14. The second-order valence-corrected chi connectivity index (χ2v) is 4.52. The monoisotopic (exact) mass is 265 g/mol. The maximum Gasteiger partial charge on any atom is 0.122 e. The fourth-order valence-corrected chi connectivity index (χ4v) is 1.49. The van der Waals surface area contributed by atoms with E-state index in [4.69, 9.17) is 15.9 Å². The molecule has 0 aliphatic carbocycles. The Morgan fingerprint density at radius 1 is 1.26 bits per heavy atom. The van der Waals surface area contributed by atoms with Crippen LogP contribution in [0.2, 0.25) is 0 Å². The van der Waals surface area contributed by atoms with Crippen molar-refractivity contribution in [3.8, 4) is 0 Å². The normalized spacial score (nSPS) is 13.3. The van der Waals surface area contributed by atoms with Gasteiger partial charge in [0.1, 0.15) is 5.84 Å². The van der Waals surface area contributed by atoms with Crippen LogP contribution in [0.4, 0.5) is 0 Å². The Kier molecular flexibility index (Phi) is 9.53. The number of allylic oxidation sites excluding steroid dienone is 3. The van der Waals surface area contributed by atoms with Crippen LogP contribution in [0, 0.1) is 5.41 Å². The highest BCUT2D eigenvalue weighted by Gasteiger charge is 1.97. The second kappa shape index (κ2) is 10.4.